The SMILES string of the molecule is CC(C)n1cnc2cc(CCNC(=O)NCc3ccccc3)ccc21. The molecule has 1 heterocycles. The van der Waals surface area contributed by atoms with Crippen molar-refractivity contribution >= 4 is 17.1 Å². The molecule has 2 aromatic carbocycles. The molecule has 0 spiro atoms. The molecule has 3 rings (SSSR count). The Morgan fingerprint density at radius 3 is 2.64 bits per heavy atom. The van der Waals surface area contributed by atoms with Gasteiger partial charge in [-0.3, -0.25) is 0 Å². The van der Waals surface area contributed by atoms with Crippen LogP contribution in [0.2, 0.25) is 0 Å². The Hall–Kier alpha value is -2.82. The summed E-state index contributed by atoms with van der Waals surface area (Å²) in [7, 11) is 0. The Balaban J connectivity index is 1.48. The molecular weight excluding hydrogens is 312 g/mol. The van der Waals surface area contributed by atoms with E-state index in [4.69, 9.17) is 0 Å². The molecule has 5 heteroatoms. The molecule has 2 N–H and O–H groups in total. The molecule has 2 amide bonds. The number of fused-ring (bicyclic) bond motifs is 1. The van der Waals surface area contributed by atoms with E-state index in [1.165, 1.54) is 5.56 Å². The molecular formula is C20H24N4O. The summed E-state index contributed by atoms with van der Waals surface area (Å²) >= 11 is 0. The lowest BCUT2D eigenvalue weighted by atomic mass is 10.1. The van der Waals surface area contributed by atoms with Crippen molar-refractivity contribution in [2.75, 3.05) is 6.54 Å². The number of carbonyl (C=O) groups excluding carboxylic acids is 1. The number of carbonyl (C=O) groups is 1. The van der Waals surface area contributed by atoms with Gasteiger partial charge in [0, 0.05) is 19.1 Å². The molecule has 25 heavy (non-hydrogen) atoms. The van der Waals surface area contributed by atoms with Gasteiger partial charge in [0.1, 0.15) is 0 Å². The van der Waals surface area contributed by atoms with Crippen molar-refractivity contribution in [1.29, 1.82) is 0 Å². The first-order valence-corrected chi connectivity index (χ1v) is 8.64. The summed E-state index contributed by atoms with van der Waals surface area (Å²) in [6.07, 6.45) is 2.66. The minimum Gasteiger partial charge on any atom is -0.338 e. The number of rotatable bonds is 6. The van der Waals surface area contributed by atoms with Gasteiger partial charge in [0.2, 0.25) is 0 Å². The van der Waals surface area contributed by atoms with Crippen LogP contribution in [0.25, 0.3) is 11.0 Å². The lowest BCUT2D eigenvalue weighted by Crippen LogP contribution is -2.36. The fourth-order valence-corrected chi connectivity index (χ4v) is 2.81. The first-order chi connectivity index (χ1) is 12.1. The second-order valence-electron chi connectivity index (χ2n) is 6.41. The Kier molecular flexibility index (Phi) is 5.33. The minimum absolute atomic E-state index is 0.144. The number of aromatic nitrogens is 2. The highest BCUT2D eigenvalue weighted by Crippen LogP contribution is 2.18. The fourth-order valence-electron chi connectivity index (χ4n) is 2.81. The van der Waals surface area contributed by atoms with Gasteiger partial charge in [0.05, 0.1) is 17.4 Å². The number of urea groups is 1. The molecule has 0 aliphatic carbocycles. The predicted octanol–water partition coefficient (Wildman–Crippen LogP) is 3.66. The van der Waals surface area contributed by atoms with Crippen LogP contribution in [0, 0.1) is 0 Å². The number of hydrogen-bond donors (Lipinski definition) is 2. The van der Waals surface area contributed by atoms with Crippen molar-refractivity contribution in [3.63, 3.8) is 0 Å². The second-order valence-corrected chi connectivity index (χ2v) is 6.41. The summed E-state index contributed by atoms with van der Waals surface area (Å²) in [5, 5.41) is 5.76. The number of hydrogen-bond acceptors (Lipinski definition) is 2. The van der Waals surface area contributed by atoms with E-state index in [1.807, 2.05) is 36.7 Å². The molecule has 0 bridgehead atoms. The third-order valence-corrected chi connectivity index (χ3v) is 4.19. The molecule has 1 aromatic heterocycles. The van der Waals surface area contributed by atoms with Crippen LogP contribution in [0.15, 0.2) is 54.9 Å². The molecule has 0 radical (unpaired) electrons. The molecule has 0 unspecified atom stereocenters. The van der Waals surface area contributed by atoms with Crippen molar-refractivity contribution in [3.8, 4) is 0 Å². The average molecular weight is 336 g/mol. The Labute approximate surface area is 148 Å². The van der Waals surface area contributed by atoms with Crippen LogP contribution in [0.1, 0.15) is 31.0 Å². The third-order valence-electron chi connectivity index (χ3n) is 4.19. The highest BCUT2D eigenvalue weighted by Gasteiger charge is 2.06. The molecule has 0 saturated carbocycles. The molecule has 0 saturated heterocycles. The topological polar surface area (TPSA) is 59.0 Å². The number of nitrogens with one attached hydrogen (secondary N) is 2. The van der Waals surface area contributed by atoms with E-state index < -0.39 is 0 Å². The summed E-state index contributed by atoms with van der Waals surface area (Å²) in [5.74, 6) is 0. The summed E-state index contributed by atoms with van der Waals surface area (Å²) in [5.41, 5.74) is 4.40. The van der Waals surface area contributed by atoms with Crippen LogP contribution in [0.5, 0.6) is 0 Å². The Morgan fingerprint density at radius 2 is 1.88 bits per heavy atom. The third kappa shape index (κ3) is 4.38. The zero-order valence-electron chi connectivity index (χ0n) is 14.7. The summed E-state index contributed by atoms with van der Waals surface area (Å²) < 4.78 is 2.16. The smallest absolute Gasteiger partial charge is 0.315 e. The molecule has 3 aromatic rings. The second kappa shape index (κ2) is 7.83. The van der Waals surface area contributed by atoms with Gasteiger partial charge < -0.3 is 15.2 Å². The molecule has 130 valence electrons. The van der Waals surface area contributed by atoms with Crippen LogP contribution in [0.3, 0.4) is 0 Å². The van der Waals surface area contributed by atoms with Gasteiger partial charge in [-0.1, -0.05) is 36.4 Å². The van der Waals surface area contributed by atoms with Crippen LogP contribution < -0.4 is 10.6 Å². The normalized spacial score (nSPS) is 11.0. The van der Waals surface area contributed by atoms with Crippen LogP contribution in [0.4, 0.5) is 4.79 Å². The van der Waals surface area contributed by atoms with E-state index in [0.717, 1.165) is 23.0 Å². The zero-order chi connectivity index (χ0) is 17.6. The first-order valence-electron chi connectivity index (χ1n) is 8.64. The molecule has 0 aliphatic rings. The van der Waals surface area contributed by atoms with E-state index in [0.29, 0.717) is 19.1 Å². The largest absolute Gasteiger partial charge is 0.338 e. The average Bonchev–Trinajstić information content (AvgIpc) is 3.04. The minimum atomic E-state index is -0.144. The van der Waals surface area contributed by atoms with Crippen LogP contribution in [-0.4, -0.2) is 22.1 Å². The summed E-state index contributed by atoms with van der Waals surface area (Å²) in [6.45, 7) is 5.42. The maximum Gasteiger partial charge on any atom is 0.315 e. The molecule has 5 nitrogen and oxygen atoms in total. The summed E-state index contributed by atoms with van der Waals surface area (Å²) in [6, 6.07) is 16.4. The van der Waals surface area contributed by atoms with E-state index in [9.17, 15) is 4.79 Å². The maximum atomic E-state index is 11.9. The van der Waals surface area contributed by atoms with Crippen molar-refractivity contribution in [3.05, 3.63) is 66.0 Å². The number of benzene rings is 2. The van der Waals surface area contributed by atoms with Gasteiger partial charge in [-0.05, 0) is 43.5 Å². The lowest BCUT2D eigenvalue weighted by molar-refractivity contribution is 0.240. The standard InChI is InChI=1S/C20H24N4O/c1-15(2)24-14-23-18-12-16(8-9-19(18)24)10-11-21-20(25)22-13-17-6-4-3-5-7-17/h3-9,12,14-15H,10-11,13H2,1-2H3,(H2,21,22,25). The lowest BCUT2D eigenvalue weighted by Gasteiger charge is -2.09. The van der Waals surface area contributed by atoms with Crippen molar-refractivity contribution in [2.45, 2.75) is 32.9 Å². The molecule has 0 fully saturated rings. The summed E-state index contributed by atoms with van der Waals surface area (Å²) in [4.78, 5) is 16.3. The number of amides is 2. The molecule has 0 aliphatic heterocycles. The van der Waals surface area contributed by atoms with E-state index >= 15 is 0 Å². The van der Waals surface area contributed by atoms with Crippen molar-refractivity contribution in [2.24, 2.45) is 0 Å². The van der Waals surface area contributed by atoms with Gasteiger partial charge in [0.25, 0.3) is 0 Å². The van der Waals surface area contributed by atoms with Gasteiger partial charge >= 0.3 is 6.03 Å². The van der Waals surface area contributed by atoms with Crippen LogP contribution >= 0.6 is 0 Å². The van der Waals surface area contributed by atoms with Gasteiger partial charge in [0.15, 0.2) is 0 Å². The number of imidazole rings is 1. The number of nitrogens with zero attached hydrogens (tertiary/aromatic N) is 2. The van der Waals surface area contributed by atoms with Crippen molar-refractivity contribution in [1.82, 2.24) is 20.2 Å². The fraction of sp³-hybridized carbons (Fsp3) is 0.300. The predicted molar refractivity (Wildman–Crippen MR) is 101 cm³/mol. The Bertz CT molecular complexity index is 839. The highest BCUT2D eigenvalue weighted by molar-refractivity contribution is 5.76. The monoisotopic (exact) mass is 336 g/mol. The Morgan fingerprint density at radius 1 is 1.08 bits per heavy atom. The quantitative estimate of drug-likeness (QED) is 0.722. The van der Waals surface area contributed by atoms with Gasteiger partial charge in [-0.2, -0.15) is 0 Å². The molecule has 0 atom stereocenters. The van der Waals surface area contributed by atoms with E-state index in [1.54, 1.807) is 0 Å². The van der Waals surface area contributed by atoms with Gasteiger partial charge in [-0.25, -0.2) is 9.78 Å². The van der Waals surface area contributed by atoms with E-state index in [2.05, 4.69) is 52.2 Å². The van der Waals surface area contributed by atoms with Crippen molar-refractivity contribution < 1.29 is 4.79 Å². The highest BCUT2D eigenvalue weighted by atomic mass is 16.2. The van der Waals surface area contributed by atoms with Crippen LogP contribution in [-0.2, 0) is 13.0 Å². The van der Waals surface area contributed by atoms with E-state index in [-0.39, 0.29) is 6.03 Å². The first kappa shape index (κ1) is 17.0. The zero-order valence-corrected chi connectivity index (χ0v) is 14.7. The maximum absolute atomic E-state index is 11.9. The van der Waals surface area contributed by atoms with Gasteiger partial charge in [-0.15, -0.1) is 0 Å².